The first kappa shape index (κ1) is 15.4. The second kappa shape index (κ2) is 8.32. The van der Waals surface area contributed by atoms with Gasteiger partial charge in [-0.05, 0) is 36.8 Å². The van der Waals surface area contributed by atoms with Crippen molar-refractivity contribution in [2.24, 2.45) is 0 Å². The molecule has 0 saturated carbocycles. The van der Waals surface area contributed by atoms with Crippen molar-refractivity contribution in [3.05, 3.63) is 60.2 Å². The number of methoxy groups -OCH3 is 1. The first-order valence-electron chi connectivity index (χ1n) is 7.47. The highest BCUT2D eigenvalue weighted by molar-refractivity contribution is 5.45. The molecule has 0 aliphatic heterocycles. The van der Waals surface area contributed by atoms with E-state index in [1.165, 1.54) is 11.3 Å². The van der Waals surface area contributed by atoms with Crippen molar-refractivity contribution in [3.63, 3.8) is 0 Å². The Balaban J connectivity index is 1.75. The third kappa shape index (κ3) is 4.80. The maximum Gasteiger partial charge on any atom is 0.118 e. The Labute approximate surface area is 127 Å². The molecular weight excluding hydrogens is 260 g/mol. The molecule has 0 aromatic heterocycles. The molecule has 0 heterocycles. The number of hydrogen-bond donors (Lipinski definition) is 1. The fraction of sp³-hybridized carbons (Fsp3) is 0.333. The second-order valence-corrected chi connectivity index (χ2v) is 4.94. The molecule has 3 nitrogen and oxygen atoms in total. The minimum atomic E-state index is 0.885. The molecule has 0 saturated heterocycles. The predicted molar refractivity (Wildman–Crippen MR) is 89.0 cm³/mol. The van der Waals surface area contributed by atoms with Gasteiger partial charge in [0.2, 0.25) is 0 Å². The molecule has 0 aliphatic carbocycles. The summed E-state index contributed by atoms with van der Waals surface area (Å²) >= 11 is 0. The third-order valence-electron chi connectivity index (χ3n) is 3.55. The van der Waals surface area contributed by atoms with Crippen molar-refractivity contribution >= 4 is 5.69 Å². The van der Waals surface area contributed by atoms with Crippen molar-refractivity contribution in [1.29, 1.82) is 0 Å². The van der Waals surface area contributed by atoms with Crippen LogP contribution in [0.4, 0.5) is 5.69 Å². The Kier molecular flexibility index (Phi) is 6.10. The number of nitrogens with one attached hydrogen (secondary N) is 1. The molecule has 0 aliphatic rings. The minimum absolute atomic E-state index is 0.885. The SMILES string of the molecule is CCN(CCNCc1ccc(OC)cc1)c1ccccc1. The number of nitrogens with zero attached hydrogens (tertiary/aromatic N) is 1. The zero-order chi connectivity index (χ0) is 14.9. The average molecular weight is 284 g/mol. The maximum absolute atomic E-state index is 5.16. The number of para-hydroxylation sites is 1. The van der Waals surface area contributed by atoms with Gasteiger partial charge in [0.15, 0.2) is 0 Å². The van der Waals surface area contributed by atoms with E-state index in [-0.39, 0.29) is 0 Å². The van der Waals surface area contributed by atoms with Gasteiger partial charge in [-0.25, -0.2) is 0 Å². The van der Waals surface area contributed by atoms with Crippen LogP contribution in [0, 0.1) is 0 Å². The van der Waals surface area contributed by atoms with E-state index in [0.717, 1.165) is 31.9 Å². The standard InChI is InChI=1S/C18H24N2O/c1-3-20(17-7-5-4-6-8-17)14-13-19-15-16-9-11-18(21-2)12-10-16/h4-12,19H,3,13-15H2,1-2H3. The van der Waals surface area contributed by atoms with Gasteiger partial charge in [-0.1, -0.05) is 30.3 Å². The van der Waals surface area contributed by atoms with Crippen molar-refractivity contribution < 1.29 is 4.74 Å². The molecule has 0 fully saturated rings. The van der Waals surface area contributed by atoms with Crippen LogP contribution in [0.15, 0.2) is 54.6 Å². The molecule has 0 amide bonds. The zero-order valence-corrected chi connectivity index (χ0v) is 12.9. The highest BCUT2D eigenvalue weighted by Crippen LogP contribution is 2.12. The summed E-state index contributed by atoms with van der Waals surface area (Å²) in [6.07, 6.45) is 0. The van der Waals surface area contributed by atoms with E-state index in [0.29, 0.717) is 0 Å². The monoisotopic (exact) mass is 284 g/mol. The largest absolute Gasteiger partial charge is 0.497 e. The van der Waals surface area contributed by atoms with Gasteiger partial charge < -0.3 is 15.0 Å². The van der Waals surface area contributed by atoms with Crippen LogP contribution in [-0.4, -0.2) is 26.7 Å². The lowest BCUT2D eigenvalue weighted by Crippen LogP contribution is -2.31. The van der Waals surface area contributed by atoms with Gasteiger partial charge in [0.05, 0.1) is 7.11 Å². The lowest BCUT2D eigenvalue weighted by Gasteiger charge is -2.23. The van der Waals surface area contributed by atoms with E-state index in [1.807, 2.05) is 12.1 Å². The van der Waals surface area contributed by atoms with Crippen LogP contribution in [0.25, 0.3) is 0 Å². The van der Waals surface area contributed by atoms with E-state index in [9.17, 15) is 0 Å². The number of benzene rings is 2. The molecule has 0 spiro atoms. The fourth-order valence-corrected chi connectivity index (χ4v) is 2.30. The average Bonchev–Trinajstić information content (AvgIpc) is 2.56. The zero-order valence-electron chi connectivity index (χ0n) is 12.9. The van der Waals surface area contributed by atoms with E-state index in [1.54, 1.807) is 7.11 Å². The molecule has 112 valence electrons. The number of ether oxygens (including phenoxy) is 1. The summed E-state index contributed by atoms with van der Waals surface area (Å²) in [4.78, 5) is 2.38. The lowest BCUT2D eigenvalue weighted by atomic mass is 10.2. The lowest BCUT2D eigenvalue weighted by molar-refractivity contribution is 0.414. The molecule has 0 atom stereocenters. The van der Waals surface area contributed by atoms with Crippen molar-refractivity contribution in [2.45, 2.75) is 13.5 Å². The quantitative estimate of drug-likeness (QED) is 0.753. The van der Waals surface area contributed by atoms with E-state index in [2.05, 4.69) is 59.6 Å². The molecule has 2 rings (SSSR count). The summed E-state index contributed by atoms with van der Waals surface area (Å²) in [5.74, 6) is 0.903. The van der Waals surface area contributed by atoms with Crippen LogP contribution in [0.5, 0.6) is 5.75 Å². The first-order valence-corrected chi connectivity index (χ1v) is 7.47. The van der Waals surface area contributed by atoms with E-state index < -0.39 is 0 Å². The Bertz CT molecular complexity index is 511. The first-order chi connectivity index (χ1) is 10.3. The van der Waals surface area contributed by atoms with Crippen LogP contribution in [0.1, 0.15) is 12.5 Å². The molecular formula is C18H24N2O. The minimum Gasteiger partial charge on any atom is -0.497 e. The van der Waals surface area contributed by atoms with Crippen LogP contribution >= 0.6 is 0 Å². The van der Waals surface area contributed by atoms with Crippen LogP contribution in [0.2, 0.25) is 0 Å². The van der Waals surface area contributed by atoms with Crippen molar-refractivity contribution in [3.8, 4) is 5.75 Å². The van der Waals surface area contributed by atoms with Crippen molar-refractivity contribution in [1.82, 2.24) is 5.32 Å². The number of anilines is 1. The third-order valence-corrected chi connectivity index (χ3v) is 3.55. The van der Waals surface area contributed by atoms with Gasteiger partial charge in [-0.3, -0.25) is 0 Å². The van der Waals surface area contributed by atoms with Gasteiger partial charge in [0.25, 0.3) is 0 Å². The number of rotatable bonds is 8. The summed E-state index contributed by atoms with van der Waals surface area (Å²) in [7, 11) is 1.69. The summed E-state index contributed by atoms with van der Waals surface area (Å²) in [5.41, 5.74) is 2.56. The van der Waals surface area contributed by atoms with Gasteiger partial charge in [-0.2, -0.15) is 0 Å². The molecule has 2 aromatic carbocycles. The Morgan fingerprint density at radius 1 is 1.00 bits per heavy atom. The summed E-state index contributed by atoms with van der Waals surface area (Å²) in [6.45, 7) is 6.08. The van der Waals surface area contributed by atoms with E-state index in [4.69, 9.17) is 4.74 Å². The Hall–Kier alpha value is -2.00. The van der Waals surface area contributed by atoms with Gasteiger partial charge in [0, 0.05) is 31.9 Å². The van der Waals surface area contributed by atoms with E-state index >= 15 is 0 Å². The molecule has 0 radical (unpaired) electrons. The molecule has 2 aromatic rings. The van der Waals surface area contributed by atoms with Crippen molar-refractivity contribution in [2.75, 3.05) is 31.6 Å². The van der Waals surface area contributed by atoms with Gasteiger partial charge >= 0.3 is 0 Å². The fourth-order valence-electron chi connectivity index (χ4n) is 2.30. The summed E-state index contributed by atoms with van der Waals surface area (Å²) in [6, 6.07) is 18.7. The highest BCUT2D eigenvalue weighted by atomic mass is 16.5. The molecule has 21 heavy (non-hydrogen) atoms. The normalized spacial score (nSPS) is 10.4. The topological polar surface area (TPSA) is 24.5 Å². The van der Waals surface area contributed by atoms with Gasteiger partial charge in [0.1, 0.15) is 5.75 Å². The highest BCUT2D eigenvalue weighted by Gasteiger charge is 2.02. The van der Waals surface area contributed by atoms with Crippen LogP contribution in [0.3, 0.4) is 0 Å². The molecule has 0 unspecified atom stereocenters. The molecule has 0 bridgehead atoms. The molecule has 3 heteroatoms. The predicted octanol–water partition coefficient (Wildman–Crippen LogP) is 3.31. The van der Waals surface area contributed by atoms with Gasteiger partial charge in [-0.15, -0.1) is 0 Å². The Morgan fingerprint density at radius 3 is 2.33 bits per heavy atom. The van der Waals surface area contributed by atoms with Crippen LogP contribution in [-0.2, 0) is 6.54 Å². The summed E-state index contributed by atoms with van der Waals surface area (Å²) < 4.78 is 5.16. The summed E-state index contributed by atoms with van der Waals surface area (Å²) in [5, 5.41) is 3.49. The number of likely N-dealkylation sites (N-methyl/N-ethyl adjacent to an activating group) is 1. The molecule has 1 N–H and O–H groups in total. The second-order valence-electron chi connectivity index (χ2n) is 4.94. The van der Waals surface area contributed by atoms with Crippen LogP contribution < -0.4 is 15.0 Å². The maximum atomic E-state index is 5.16. The Morgan fingerprint density at radius 2 is 1.71 bits per heavy atom. The number of hydrogen-bond acceptors (Lipinski definition) is 3. The smallest absolute Gasteiger partial charge is 0.118 e.